The lowest BCUT2D eigenvalue weighted by Gasteiger charge is -2.17. The molecule has 0 aliphatic carbocycles. The first-order chi connectivity index (χ1) is 45.2. The Bertz CT molecular complexity index is 4190. The van der Waals surface area contributed by atoms with Gasteiger partial charge in [-0.25, -0.2) is 4.39 Å². The number of rotatable bonds is 16. The Morgan fingerprint density at radius 2 is 0.915 bits per heavy atom. The van der Waals surface area contributed by atoms with Crippen LogP contribution in [0.25, 0.3) is 46.6 Å². The SMILES string of the molecule is C=C(C)C(=O)NC/C(=C/c1ccc(Cl)cc1)c1ccccc1.C=CC(=O)NC(=O)/C(=C/c1ccc(Cl)cc1)c1ccc(F)cc1.CCC1=C(C)CN(C(=O)/C(=C/c2ccc(Cl)cc2)c2ccccc2)C1=O.O=C1CCCN1C(=O)/C(=C/c1ccc(Cl)cc1)c1ccccc1. The van der Waals surface area contributed by atoms with Gasteiger partial charge in [0.25, 0.3) is 23.6 Å². The molecule has 476 valence electrons. The van der Waals surface area contributed by atoms with E-state index in [-0.39, 0.29) is 35.1 Å². The molecule has 1 saturated heterocycles. The fourth-order valence-corrected chi connectivity index (χ4v) is 10.1. The number of carbonyl (C=O) groups is 7. The van der Waals surface area contributed by atoms with Crippen LogP contribution in [0.4, 0.5) is 4.39 Å². The Kier molecular flexibility index (Phi) is 27.1. The Hall–Kier alpha value is -10.1. The highest BCUT2D eigenvalue weighted by molar-refractivity contribution is 6.33. The van der Waals surface area contributed by atoms with Crippen molar-refractivity contribution in [2.75, 3.05) is 19.6 Å². The van der Waals surface area contributed by atoms with Crippen LogP contribution in [0.15, 0.2) is 248 Å². The minimum atomic E-state index is -0.612. The van der Waals surface area contributed by atoms with Crippen molar-refractivity contribution >= 4 is 134 Å². The summed E-state index contributed by atoms with van der Waals surface area (Å²) < 4.78 is 13.1. The summed E-state index contributed by atoms with van der Waals surface area (Å²) in [5.74, 6) is -2.58. The molecule has 94 heavy (non-hydrogen) atoms. The third-order valence-corrected chi connectivity index (χ3v) is 15.5. The topological polar surface area (TPSA) is 150 Å². The molecule has 0 radical (unpaired) electrons. The van der Waals surface area contributed by atoms with Gasteiger partial charge >= 0.3 is 0 Å². The first-order valence-corrected chi connectivity index (χ1v) is 31.3. The highest BCUT2D eigenvalue weighted by Crippen LogP contribution is 2.30. The largest absolute Gasteiger partial charge is 0.348 e. The van der Waals surface area contributed by atoms with Gasteiger partial charge < -0.3 is 5.32 Å². The molecule has 8 aromatic rings. The van der Waals surface area contributed by atoms with Gasteiger partial charge in [0, 0.05) is 67.5 Å². The van der Waals surface area contributed by atoms with Crippen LogP contribution in [0, 0.1) is 5.82 Å². The van der Waals surface area contributed by atoms with Gasteiger partial charge in [0.05, 0.1) is 6.54 Å². The summed E-state index contributed by atoms with van der Waals surface area (Å²) in [7, 11) is 0. The summed E-state index contributed by atoms with van der Waals surface area (Å²) >= 11 is 23.6. The second-order valence-electron chi connectivity index (χ2n) is 21.4. The van der Waals surface area contributed by atoms with Gasteiger partial charge in [-0.2, -0.15) is 0 Å². The Morgan fingerprint density at radius 3 is 1.30 bits per heavy atom. The van der Waals surface area contributed by atoms with Crippen molar-refractivity contribution in [3.63, 3.8) is 0 Å². The minimum absolute atomic E-state index is 0.104. The van der Waals surface area contributed by atoms with E-state index in [1.165, 1.54) is 34.1 Å². The van der Waals surface area contributed by atoms with Crippen molar-refractivity contribution in [1.29, 1.82) is 0 Å². The lowest BCUT2D eigenvalue weighted by Crippen LogP contribution is -2.34. The number of imide groups is 3. The van der Waals surface area contributed by atoms with E-state index in [9.17, 15) is 38.0 Å². The van der Waals surface area contributed by atoms with Crippen LogP contribution in [0.3, 0.4) is 0 Å². The lowest BCUT2D eigenvalue weighted by molar-refractivity contribution is -0.139. The molecule has 0 spiro atoms. The van der Waals surface area contributed by atoms with Crippen LogP contribution in [0.2, 0.25) is 20.1 Å². The number of hydrogen-bond acceptors (Lipinski definition) is 7. The van der Waals surface area contributed by atoms with E-state index in [4.69, 9.17) is 46.4 Å². The van der Waals surface area contributed by atoms with E-state index < -0.39 is 17.6 Å². The normalized spacial score (nSPS) is 13.1. The first-order valence-electron chi connectivity index (χ1n) is 29.8. The molecule has 10 rings (SSSR count). The van der Waals surface area contributed by atoms with Gasteiger partial charge in [0.2, 0.25) is 17.7 Å². The zero-order chi connectivity index (χ0) is 67.7. The zero-order valence-corrected chi connectivity index (χ0v) is 54.9. The molecule has 2 heterocycles. The number of benzene rings is 8. The quantitative estimate of drug-likeness (QED) is 0.0722. The van der Waals surface area contributed by atoms with Crippen molar-refractivity contribution in [1.82, 2.24) is 20.4 Å². The Balaban J connectivity index is 0.000000178. The Labute approximate surface area is 567 Å². The summed E-state index contributed by atoms with van der Waals surface area (Å²) in [5, 5.41) is 7.62. The highest BCUT2D eigenvalue weighted by Gasteiger charge is 2.34. The molecule has 2 aliphatic heterocycles. The minimum Gasteiger partial charge on any atom is -0.348 e. The predicted molar refractivity (Wildman–Crippen MR) is 380 cm³/mol. The highest BCUT2D eigenvalue weighted by atomic mass is 35.5. The molecule has 0 atom stereocenters. The van der Waals surface area contributed by atoms with E-state index >= 15 is 0 Å². The predicted octanol–water partition coefficient (Wildman–Crippen LogP) is 17.4. The number of carbonyl (C=O) groups excluding carboxylic acids is 7. The van der Waals surface area contributed by atoms with Crippen molar-refractivity contribution in [3.8, 4) is 0 Å². The fourth-order valence-electron chi connectivity index (χ4n) is 9.59. The van der Waals surface area contributed by atoms with Gasteiger partial charge in [-0.3, -0.25) is 48.7 Å². The van der Waals surface area contributed by atoms with E-state index in [1.54, 1.807) is 73.7 Å². The summed E-state index contributed by atoms with van der Waals surface area (Å²) in [4.78, 5) is 88.6. The average Bonchev–Trinajstić information content (AvgIpc) is 1.62. The second kappa shape index (κ2) is 35.7. The van der Waals surface area contributed by atoms with E-state index in [0.29, 0.717) is 74.8 Å². The molecule has 0 unspecified atom stereocenters. The maximum Gasteiger partial charge on any atom is 0.261 e. The summed E-state index contributed by atoms with van der Waals surface area (Å²) in [6.07, 6.45) is 10.1. The smallest absolute Gasteiger partial charge is 0.261 e. The van der Waals surface area contributed by atoms with Gasteiger partial charge in [0.15, 0.2) is 0 Å². The van der Waals surface area contributed by atoms with Gasteiger partial charge in [-0.1, -0.05) is 218 Å². The van der Waals surface area contributed by atoms with Crippen LogP contribution in [0.1, 0.15) is 84.5 Å². The zero-order valence-electron chi connectivity index (χ0n) is 51.9. The molecular formula is C78H67Cl4FN4O7. The first kappa shape index (κ1) is 71.4. The standard InChI is InChI=1S/C22H20ClNO2.C19H16ClNO2.C19H18ClNO.C18H13ClFNO2/c1-3-19-15(2)14-24(21(19)25)22(26)20(17-7-5-4-6-8-17)13-16-9-11-18(23)12-10-16;20-16-10-8-14(9-11-16)13-17(15-5-2-1-3-6-15)19(23)21-12-4-7-18(21)22;1-14(2)19(22)21-13-17(16-6-4-3-5-7-16)12-15-8-10-18(20)11-9-15;1-2-17(22)21-18(23)16(13-5-9-15(20)10-6-13)11-12-3-7-14(19)8-4-12/h4-13H,3,14H2,1-2H3;1-3,5-6,8-11,13H,4,7,12H2;3-12H,1,13H2,2H3,(H,21,22);2-11H,1H2,(H,21,22,23)/b20-13+;17-13+;17-12-;16-11+. The van der Waals surface area contributed by atoms with Crippen LogP contribution in [-0.4, -0.2) is 70.8 Å². The third kappa shape index (κ3) is 21.2. The summed E-state index contributed by atoms with van der Waals surface area (Å²) in [6, 6.07) is 63.2. The van der Waals surface area contributed by atoms with Crippen LogP contribution in [-0.2, 0) is 33.6 Å². The number of nitrogens with one attached hydrogen (secondary N) is 2. The maximum atomic E-state index is 13.2. The van der Waals surface area contributed by atoms with Crippen molar-refractivity contribution in [2.24, 2.45) is 0 Å². The molecule has 0 saturated carbocycles. The Morgan fingerprint density at radius 1 is 0.521 bits per heavy atom. The van der Waals surface area contributed by atoms with E-state index in [2.05, 4.69) is 23.8 Å². The molecular weight excluding hydrogens is 1270 g/mol. The molecule has 7 amide bonds. The van der Waals surface area contributed by atoms with E-state index in [0.717, 1.165) is 68.2 Å². The third-order valence-electron chi connectivity index (χ3n) is 14.5. The van der Waals surface area contributed by atoms with E-state index in [1.807, 2.05) is 159 Å². The summed E-state index contributed by atoms with van der Waals surface area (Å²) in [5.41, 5.74) is 11.1. The molecule has 11 nitrogen and oxygen atoms in total. The number of amides is 7. The molecule has 2 N–H and O–H groups in total. The average molecular weight is 1330 g/mol. The number of hydrogen-bond donors (Lipinski definition) is 2. The molecule has 1 fully saturated rings. The number of nitrogens with zero attached hydrogens (tertiary/aromatic N) is 2. The monoisotopic (exact) mass is 1330 g/mol. The summed E-state index contributed by atoms with van der Waals surface area (Å²) in [6.45, 7) is 13.8. The maximum absolute atomic E-state index is 13.2. The van der Waals surface area contributed by atoms with Crippen LogP contribution in [0.5, 0.6) is 0 Å². The molecule has 0 bridgehead atoms. The van der Waals surface area contributed by atoms with Crippen molar-refractivity contribution in [2.45, 2.75) is 40.0 Å². The van der Waals surface area contributed by atoms with Crippen molar-refractivity contribution in [3.05, 3.63) is 319 Å². The molecule has 2 aliphatic rings. The molecule has 16 heteroatoms. The van der Waals surface area contributed by atoms with Crippen LogP contribution < -0.4 is 10.6 Å². The fraction of sp³-hybridized carbons (Fsp3) is 0.115. The van der Waals surface area contributed by atoms with Crippen LogP contribution >= 0.6 is 46.4 Å². The van der Waals surface area contributed by atoms with Gasteiger partial charge in [-0.15, -0.1) is 0 Å². The number of halogens is 5. The number of likely N-dealkylation sites (tertiary alicyclic amines) is 1. The van der Waals surface area contributed by atoms with Gasteiger partial charge in [-0.05, 0) is 173 Å². The second-order valence-corrected chi connectivity index (χ2v) is 23.1. The lowest BCUT2D eigenvalue weighted by atomic mass is 10.0. The molecule has 8 aromatic carbocycles. The molecule has 0 aromatic heterocycles. The van der Waals surface area contributed by atoms with Gasteiger partial charge in [0.1, 0.15) is 5.82 Å². The van der Waals surface area contributed by atoms with Crippen molar-refractivity contribution < 1.29 is 38.0 Å².